The summed E-state index contributed by atoms with van der Waals surface area (Å²) in [5.74, 6) is 3.49. The molecule has 0 bridgehead atoms. The molecule has 1 aromatic carbocycles. The van der Waals surface area contributed by atoms with E-state index in [9.17, 15) is 0 Å². The van der Waals surface area contributed by atoms with E-state index in [4.69, 9.17) is 14.4 Å². The van der Waals surface area contributed by atoms with Crippen LogP contribution in [0.3, 0.4) is 0 Å². The van der Waals surface area contributed by atoms with Crippen LogP contribution in [0.1, 0.15) is 56.0 Å². The molecular formula is C26H27N5O. The average Bonchev–Trinajstić information content (AvgIpc) is 3.47. The molecule has 0 amide bonds. The van der Waals surface area contributed by atoms with Gasteiger partial charge < -0.3 is 9.32 Å². The van der Waals surface area contributed by atoms with Crippen LogP contribution in [0, 0.1) is 6.92 Å². The van der Waals surface area contributed by atoms with Gasteiger partial charge in [0.1, 0.15) is 29.0 Å². The number of aryl methyl sites for hydroxylation is 1. The van der Waals surface area contributed by atoms with Crippen molar-refractivity contribution in [2.24, 2.45) is 0 Å². The Bertz CT molecular complexity index is 1200. The normalized spacial score (nSPS) is 16.1. The zero-order valence-corrected chi connectivity index (χ0v) is 18.7. The highest BCUT2D eigenvalue weighted by molar-refractivity contribution is 5.62. The number of aromatic nitrogens is 4. The van der Waals surface area contributed by atoms with Crippen LogP contribution < -0.4 is 4.90 Å². The fourth-order valence-corrected chi connectivity index (χ4v) is 4.29. The molecule has 1 atom stereocenters. The topological polar surface area (TPSA) is 67.9 Å². The van der Waals surface area contributed by atoms with E-state index in [1.165, 1.54) is 0 Å². The molecule has 4 heterocycles. The predicted octanol–water partition coefficient (Wildman–Crippen LogP) is 5.97. The first kappa shape index (κ1) is 20.4. The highest BCUT2D eigenvalue weighted by Crippen LogP contribution is 2.39. The Hall–Kier alpha value is -3.54. The molecule has 0 radical (unpaired) electrons. The van der Waals surface area contributed by atoms with Gasteiger partial charge in [-0.05, 0) is 31.9 Å². The van der Waals surface area contributed by atoms with Crippen LogP contribution in [0.25, 0.3) is 22.8 Å². The molecule has 1 aliphatic heterocycles. The summed E-state index contributed by atoms with van der Waals surface area (Å²) < 4.78 is 6.40. The second-order valence-electron chi connectivity index (χ2n) is 8.54. The van der Waals surface area contributed by atoms with Gasteiger partial charge in [0.15, 0.2) is 5.82 Å². The highest BCUT2D eigenvalue weighted by atomic mass is 16.4. The Morgan fingerprint density at radius 3 is 2.56 bits per heavy atom. The number of hydrogen-bond donors (Lipinski definition) is 0. The quantitative estimate of drug-likeness (QED) is 0.393. The fraction of sp³-hybridized carbons (Fsp3) is 0.308. The number of pyridine rings is 1. The van der Waals surface area contributed by atoms with Gasteiger partial charge in [0, 0.05) is 36.0 Å². The van der Waals surface area contributed by atoms with Crippen LogP contribution in [0.15, 0.2) is 65.2 Å². The molecule has 1 saturated heterocycles. The van der Waals surface area contributed by atoms with Crippen LogP contribution in [0.5, 0.6) is 0 Å². The number of oxazole rings is 1. The molecule has 162 valence electrons. The Balaban J connectivity index is 1.53. The van der Waals surface area contributed by atoms with Gasteiger partial charge in [-0.15, -0.1) is 0 Å². The molecule has 32 heavy (non-hydrogen) atoms. The van der Waals surface area contributed by atoms with Crippen molar-refractivity contribution in [3.05, 3.63) is 78.1 Å². The minimum Gasteiger partial charge on any atom is -0.442 e. The maximum Gasteiger partial charge on any atom is 0.217 e. The number of anilines is 1. The van der Waals surface area contributed by atoms with Crippen molar-refractivity contribution >= 4 is 5.82 Å². The van der Waals surface area contributed by atoms with Crippen molar-refractivity contribution in [3.8, 4) is 22.8 Å². The van der Waals surface area contributed by atoms with Gasteiger partial charge >= 0.3 is 0 Å². The average molecular weight is 426 g/mol. The lowest BCUT2D eigenvalue weighted by Gasteiger charge is -2.24. The van der Waals surface area contributed by atoms with Crippen LogP contribution >= 0.6 is 0 Å². The molecule has 0 N–H and O–H groups in total. The molecule has 0 unspecified atom stereocenters. The van der Waals surface area contributed by atoms with Gasteiger partial charge in [-0.2, -0.15) is 0 Å². The Morgan fingerprint density at radius 2 is 1.81 bits per heavy atom. The molecule has 6 nitrogen and oxygen atoms in total. The molecule has 1 fully saturated rings. The van der Waals surface area contributed by atoms with Gasteiger partial charge in [-0.1, -0.05) is 50.2 Å². The van der Waals surface area contributed by atoms with Crippen molar-refractivity contribution in [3.63, 3.8) is 0 Å². The van der Waals surface area contributed by atoms with Crippen LogP contribution in [0.4, 0.5) is 5.82 Å². The summed E-state index contributed by atoms with van der Waals surface area (Å²) in [6, 6.07) is 18.2. The summed E-state index contributed by atoms with van der Waals surface area (Å²) >= 11 is 0. The van der Waals surface area contributed by atoms with E-state index in [1.54, 1.807) is 6.20 Å². The summed E-state index contributed by atoms with van der Waals surface area (Å²) in [4.78, 5) is 21.2. The smallest absolute Gasteiger partial charge is 0.217 e. The first-order valence-electron chi connectivity index (χ1n) is 11.2. The number of hydrogen-bond acceptors (Lipinski definition) is 6. The van der Waals surface area contributed by atoms with Crippen LogP contribution in [-0.4, -0.2) is 26.5 Å². The largest absolute Gasteiger partial charge is 0.442 e. The van der Waals surface area contributed by atoms with E-state index in [2.05, 4.69) is 40.8 Å². The Morgan fingerprint density at radius 1 is 1.00 bits per heavy atom. The van der Waals surface area contributed by atoms with Crippen molar-refractivity contribution in [1.29, 1.82) is 0 Å². The van der Waals surface area contributed by atoms with Crippen molar-refractivity contribution in [1.82, 2.24) is 19.9 Å². The zero-order chi connectivity index (χ0) is 22.1. The van der Waals surface area contributed by atoms with Crippen LogP contribution in [0.2, 0.25) is 0 Å². The molecule has 0 spiro atoms. The molecule has 0 saturated carbocycles. The summed E-state index contributed by atoms with van der Waals surface area (Å²) in [6.45, 7) is 7.20. The maximum atomic E-state index is 6.40. The molecule has 5 rings (SSSR count). The minimum atomic E-state index is 0.0517. The third-order valence-corrected chi connectivity index (χ3v) is 5.81. The standard InChI is InChI=1S/C26H27N5O/c1-17(2)24-23(19-10-5-4-6-11-19)30-26(32-24)21-13-9-15-31(21)22-16-18(3)28-25(29-22)20-12-7-8-14-27-20/h4-8,10-12,14,16-17,21H,9,13,15H2,1-3H3/t21-/m0/s1. The third kappa shape index (κ3) is 3.88. The Kier molecular flexibility index (Phi) is 5.43. The fourth-order valence-electron chi connectivity index (χ4n) is 4.29. The van der Waals surface area contributed by atoms with E-state index in [1.807, 2.05) is 49.4 Å². The van der Waals surface area contributed by atoms with Crippen molar-refractivity contribution in [2.75, 3.05) is 11.4 Å². The SMILES string of the molecule is Cc1cc(N2CCC[C@H]2c2nc(-c3ccccc3)c(C(C)C)o2)nc(-c2ccccn2)n1. The van der Waals surface area contributed by atoms with Gasteiger partial charge in [0.25, 0.3) is 0 Å². The lowest BCUT2D eigenvalue weighted by Crippen LogP contribution is -2.24. The number of benzene rings is 1. The van der Waals surface area contributed by atoms with Gasteiger partial charge in [-0.3, -0.25) is 4.98 Å². The monoisotopic (exact) mass is 425 g/mol. The van der Waals surface area contributed by atoms with Crippen molar-refractivity contribution in [2.45, 2.75) is 45.6 Å². The number of rotatable bonds is 5. The third-order valence-electron chi connectivity index (χ3n) is 5.81. The summed E-state index contributed by atoms with van der Waals surface area (Å²) in [6.07, 6.45) is 3.81. The first-order chi connectivity index (χ1) is 15.6. The van der Waals surface area contributed by atoms with E-state index in [0.717, 1.165) is 59.5 Å². The molecule has 0 aliphatic carbocycles. The second-order valence-corrected chi connectivity index (χ2v) is 8.54. The van der Waals surface area contributed by atoms with E-state index in [0.29, 0.717) is 5.82 Å². The molecule has 6 heteroatoms. The highest BCUT2D eigenvalue weighted by Gasteiger charge is 2.33. The van der Waals surface area contributed by atoms with Crippen molar-refractivity contribution < 1.29 is 4.42 Å². The second kappa shape index (κ2) is 8.54. The van der Waals surface area contributed by atoms with E-state index < -0.39 is 0 Å². The maximum absolute atomic E-state index is 6.40. The van der Waals surface area contributed by atoms with Gasteiger partial charge in [0.2, 0.25) is 5.89 Å². The first-order valence-corrected chi connectivity index (χ1v) is 11.2. The van der Waals surface area contributed by atoms with E-state index >= 15 is 0 Å². The molecule has 3 aromatic heterocycles. The minimum absolute atomic E-state index is 0.0517. The zero-order valence-electron chi connectivity index (χ0n) is 18.7. The molecular weight excluding hydrogens is 398 g/mol. The van der Waals surface area contributed by atoms with Gasteiger partial charge in [-0.25, -0.2) is 15.0 Å². The van der Waals surface area contributed by atoms with Gasteiger partial charge in [0.05, 0.1) is 0 Å². The van der Waals surface area contributed by atoms with E-state index in [-0.39, 0.29) is 12.0 Å². The lowest BCUT2D eigenvalue weighted by molar-refractivity contribution is 0.408. The summed E-state index contributed by atoms with van der Waals surface area (Å²) in [5, 5.41) is 0. The summed E-state index contributed by atoms with van der Waals surface area (Å²) in [7, 11) is 0. The summed E-state index contributed by atoms with van der Waals surface area (Å²) in [5.41, 5.74) is 3.72. The molecule has 4 aromatic rings. The predicted molar refractivity (Wildman–Crippen MR) is 125 cm³/mol. The van der Waals surface area contributed by atoms with Crippen LogP contribution in [-0.2, 0) is 0 Å². The lowest BCUT2D eigenvalue weighted by atomic mass is 10.0. The number of nitrogens with zero attached hydrogens (tertiary/aromatic N) is 5. The Labute approximate surface area is 188 Å². The molecule has 1 aliphatic rings.